The minimum absolute atomic E-state index is 0.0631. The van der Waals surface area contributed by atoms with Gasteiger partial charge in [-0.1, -0.05) is 29.8 Å². The Labute approximate surface area is 156 Å². The van der Waals surface area contributed by atoms with Crippen LogP contribution >= 0.6 is 0 Å². The number of nitrogens with zero attached hydrogens (tertiary/aromatic N) is 3. The Bertz CT molecular complexity index is 1070. The van der Waals surface area contributed by atoms with Crippen molar-refractivity contribution in [2.75, 3.05) is 20.7 Å². The summed E-state index contributed by atoms with van der Waals surface area (Å²) >= 11 is 0. The standard InChI is InChI=1S/C20H22N4O3/c1-12-4-6-13(7-5-12)19-16(11-27-3)22-24-18(26)9-15(21-20(19)24)14-8-17(25)23(2)10-14/h4-7,9,14,22H,8,10-11H2,1-3H3. The molecule has 1 aromatic carbocycles. The van der Waals surface area contributed by atoms with Crippen molar-refractivity contribution in [3.05, 3.63) is 57.6 Å². The van der Waals surface area contributed by atoms with Gasteiger partial charge in [0.15, 0.2) is 5.65 Å². The van der Waals surface area contributed by atoms with E-state index in [-0.39, 0.29) is 17.4 Å². The molecule has 0 bridgehead atoms. The Hall–Kier alpha value is -2.93. The first-order chi connectivity index (χ1) is 13.0. The van der Waals surface area contributed by atoms with Gasteiger partial charge in [-0.25, -0.2) is 9.50 Å². The lowest BCUT2D eigenvalue weighted by Crippen LogP contribution is -2.20. The third kappa shape index (κ3) is 3.04. The zero-order chi connectivity index (χ0) is 19.1. The van der Waals surface area contributed by atoms with E-state index in [1.807, 2.05) is 31.2 Å². The minimum atomic E-state index is -0.187. The number of ether oxygens (including phenoxy) is 1. The van der Waals surface area contributed by atoms with Crippen LogP contribution in [0.1, 0.15) is 29.3 Å². The number of carbonyl (C=O) groups excluding carboxylic acids is 1. The second-order valence-corrected chi connectivity index (χ2v) is 7.12. The van der Waals surface area contributed by atoms with E-state index in [4.69, 9.17) is 9.72 Å². The van der Waals surface area contributed by atoms with Crippen LogP contribution in [0, 0.1) is 6.92 Å². The van der Waals surface area contributed by atoms with Crippen LogP contribution in [0.25, 0.3) is 16.8 Å². The topological polar surface area (TPSA) is 79.7 Å². The monoisotopic (exact) mass is 366 g/mol. The van der Waals surface area contributed by atoms with Crippen molar-refractivity contribution in [2.45, 2.75) is 25.9 Å². The molecule has 2 aromatic heterocycles. The van der Waals surface area contributed by atoms with Crippen LogP contribution in [-0.2, 0) is 16.1 Å². The molecule has 3 heterocycles. The van der Waals surface area contributed by atoms with E-state index in [9.17, 15) is 9.59 Å². The summed E-state index contributed by atoms with van der Waals surface area (Å²) in [7, 11) is 3.39. The molecule has 0 saturated carbocycles. The van der Waals surface area contributed by atoms with Crippen molar-refractivity contribution >= 4 is 11.6 Å². The summed E-state index contributed by atoms with van der Waals surface area (Å²) < 4.78 is 6.77. The summed E-state index contributed by atoms with van der Waals surface area (Å²) in [4.78, 5) is 31.1. The first kappa shape index (κ1) is 17.5. The quantitative estimate of drug-likeness (QED) is 0.767. The molecule has 7 nitrogen and oxygen atoms in total. The first-order valence-corrected chi connectivity index (χ1v) is 8.92. The summed E-state index contributed by atoms with van der Waals surface area (Å²) in [6.07, 6.45) is 0.383. The summed E-state index contributed by atoms with van der Waals surface area (Å²) in [5, 5.41) is 3.12. The molecule has 1 aliphatic rings. The molecule has 1 unspecified atom stereocenters. The number of aryl methyl sites for hydroxylation is 1. The van der Waals surface area contributed by atoms with E-state index in [0.29, 0.717) is 30.9 Å². The van der Waals surface area contributed by atoms with E-state index in [2.05, 4.69) is 5.10 Å². The number of rotatable bonds is 4. The van der Waals surface area contributed by atoms with Crippen molar-refractivity contribution < 1.29 is 9.53 Å². The summed E-state index contributed by atoms with van der Waals surface area (Å²) in [6.45, 7) is 2.95. The smallest absolute Gasteiger partial charge is 0.272 e. The third-order valence-electron chi connectivity index (χ3n) is 5.10. The Kier molecular flexibility index (Phi) is 4.31. The highest BCUT2D eigenvalue weighted by atomic mass is 16.5. The molecule has 140 valence electrons. The van der Waals surface area contributed by atoms with Gasteiger partial charge in [0.25, 0.3) is 5.56 Å². The third-order valence-corrected chi connectivity index (χ3v) is 5.10. The normalized spacial score (nSPS) is 17.2. The summed E-state index contributed by atoms with van der Waals surface area (Å²) in [5.41, 5.74) is 4.81. The molecular weight excluding hydrogens is 344 g/mol. The molecule has 1 saturated heterocycles. The van der Waals surface area contributed by atoms with Gasteiger partial charge in [-0.15, -0.1) is 0 Å². The van der Waals surface area contributed by atoms with Gasteiger partial charge in [-0.05, 0) is 12.5 Å². The number of hydrogen-bond donors (Lipinski definition) is 1. The van der Waals surface area contributed by atoms with Gasteiger partial charge in [0.2, 0.25) is 5.91 Å². The van der Waals surface area contributed by atoms with Crippen LogP contribution in [0.15, 0.2) is 35.1 Å². The van der Waals surface area contributed by atoms with Gasteiger partial charge < -0.3 is 9.64 Å². The van der Waals surface area contributed by atoms with Crippen LogP contribution in [-0.4, -0.2) is 46.1 Å². The first-order valence-electron chi connectivity index (χ1n) is 8.92. The number of carbonyl (C=O) groups is 1. The number of hydrogen-bond acceptors (Lipinski definition) is 4. The molecule has 1 fully saturated rings. The number of aromatic amines is 1. The number of aromatic nitrogens is 3. The van der Waals surface area contributed by atoms with Crippen molar-refractivity contribution in [1.29, 1.82) is 0 Å². The largest absolute Gasteiger partial charge is 0.378 e. The number of H-pyrrole nitrogens is 1. The molecule has 0 radical (unpaired) electrons. The average Bonchev–Trinajstić information content (AvgIpc) is 3.17. The minimum Gasteiger partial charge on any atom is -0.378 e. The Morgan fingerprint density at radius 3 is 2.63 bits per heavy atom. The molecule has 4 rings (SSSR count). The average molecular weight is 366 g/mol. The maximum atomic E-state index is 12.7. The zero-order valence-corrected chi connectivity index (χ0v) is 15.7. The number of methoxy groups -OCH3 is 1. The van der Waals surface area contributed by atoms with E-state index in [0.717, 1.165) is 22.4 Å². The molecule has 1 aliphatic heterocycles. The second-order valence-electron chi connectivity index (χ2n) is 7.12. The Morgan fingerprint density at radius 1 is 1.26 bits per heavy atom. The van der Waals surface area contributed by atoms with E-state index in [1.54, 1.807) is 19.1 Å². The second kappa shape index (κ2) is 6.66. The fourth-order valence-electron chi connectivity index (χ4n) is 3.64. The number of benzene rings is 1. The van der Waals surface area contributed by atoms with Crippen LogP contribution in [0.2, 0.25) is 0 Å². The lowest BCUT2D eigenvalue weighted by atomic mass is 10.0. The van der Waals surface area contributed by atoms with Gasteiger partial charge >= 0.3 is 0 Å². The molecule has 0 aliphatic carbocycles. The molecule has 27 heavy (non-hydrogen) atoms. The van der Waals surface area contributed by atoms with Gasteiger partial charge in [-0.3, -0.25) is 14.7 Å². The molecule has 1 amide bonds. The van der Waals surface area contributed by atoms with E-state index in [1.165, 1.54) is 10.6 Å². The van der Waals surface area contributed by atoms with Gasteiger partial charge in [0, 0.05) is 44.7 Å². The van der Waals surface area contributed by atoms with Crippen molar-refractivity contribution in [3.8, 4) is 11.1 Å². The highest BCUT2D eigenvalue weighted by Crippen LogP contribution is 2.30. The van der Waals surface area contributed by atoms with Gasteiger partial charge in [-0.2, -0.15) is 0 Å². The fraction of sp³-hybridized carbons (Fsp3) is 0.350. The molecule has 3 aromatic rings. The molecule has 1 atom stereocenters. The maximum absolute atomic E-state index is 12.7. The molecular formula is C20H22N4O3. The number of amides is 1. The number of fused-ring (bicyclic) bond motifs is 1. The lowest BCUT2D eigenvalue weighted by molar-refractivity contribution is -0.126. The highest BCUT2D eigenvalue weighted by molar-refractivity contribution is 5.81. The molecule has 0 spiro atoms. The lowest BCUT2D eigenvalue weighted by Gasteiger charge is -2.10. The summed E-state index contributed by atoms with van der Waals surface area (Å²) in [5.74, 6) is 0.0155. The SMILES string of the molecule is COCc1[nH]n2c(=O)cc(C3CC(=O)N(C)C3)nc2c1-c1ccc(C)cc1. The predicted molar refractivity (Wildman–Crippen MR) is 102 cm³/mol. The summed E-state index contributed by atoms with van der Waals surface area (Å²) in [6, 6.07) is 9.62. The predicted octanol–water partition coefficient (Wildman–Crippen LogP) is 2.09. The van der Waals surface area contributed by atoms with Crippen molar-refractivity contribution in [2.24, 2.45) is 0 Å². The van der Waals surface area contributed by atoms with Crippen LogP contribution in [0.3, 0.4) is 0 Å². The van der Waals surface area contributed by atoms with Crippen molar-refractivity contribution in [3.63, 3.8) is 0 Å². The Balaban J connectivity index is 1.91. The number of likely N-dealkylation sites (tertiary alicyclic amines) is 1. The number of likely N-dealkylation sites (N-methyl/N-ethyl adjacent to an activating group) is 1. The van der Waals surface area contributed by atoms with Gasteiger partial charge in [0.1, 0.15) is 0 Å². The highest BCUT2D eigenvalue weighted by Gasteiger charge is 2.30. The van der Waals surface area contributed by atoms with Crippen molar-refractivity contribution in [1.82, 2.24) is 19.5 Å². The zero-order valence-electron chi connectivity index (χ0n) is 15.7. The Morgan fingerprint density at radius 2 is 2.00 bits per heavy atom. The maximum Gasteiger partial charge on any atom is 0.272 e. The molecule has 1 N–H and O–H groups in total. The van der Waals surface area contributed by atoms with Crippen LogP contribution in [0.5, 0.6) is 0 Å². The molecule has 7 heteroatoms. The fourth-order valence-corrected chi connectivity index (χ4v) is 3.64. The number of nitrogens with one attached hydrogen (secondary N) is 1. The van der Waals surface area contributed by atoms with E-state index >= 15 is 0 Å². The van der Waals surface area contributed by atoms with Crippen LogP contribution < -0.4 is 5.56 Å². The van der Waals surface area contributed by atoms with E-state index < -0.39 is 0 Å². The van der Waals surface area contributed by atoms with Crippen LogP contribution in [0.4, 0.5) is 0 Å². The van der Waals surface area contributed by atoms with Gasteiger partial charge in [0.05, 0.1) is 18.0 Å².